The van der Waals surface area contributed by atoms with E-state index in [1.807, 2.05) is 54.6 Å². The van der Waals surface area contributed by atoms with Crippen LogP contribution in [0.3, 0.4) is 0 Å². The van der Waals surface area contributed by atoms with Crippen molar-refractivity contribution in [1.82, 2.24) is 0 Å². The molecule has 0 bridgehead atoms. The molecule has 0 aliphatic rings. The fourth-order valence-electron chi connectivity index (χ4n) is 2.71. The molecule has 1 N–H and O–H groups in total. The Labute approximate surface area is 168 Å². The zero-order chi connectivity index (χ0) is 19.9. The number of carbonyl (C=O) groups is 2. The number of anilines is 1. The zero-order valence-corrected chi connectivity index (χ0v) is 16.5. The number of benzene rings is 3. The minimum Gasteiger partial charge on any atom is -0.497 e. The third-order valence-electron chi connectivity index (χ3n) is 4.19. The van der Waals surface area contributed by atoms with E-state index >= 15 is 0 Å². The standard InChI is InChI=1S/C23H21NO3S/c1-16(25)18-9-6-10-19(15-18)24-23(26)22(17-7-4-3-5-8-17)28-21-13-11-20(27-2)12-14-21/h3-15,22H,1-2H3,(H,24,26)/t22-/m1/s1. The van der Waals surface area contributed by atoms with E-state index in [0.29, 0.717) is 11.3 Å². The van der Waals surface area contributed by atoms with Crippen LogP contribution in [-0.4, -0.2) is 18.8 Å². The van der Waals surface area contributed by atoms with E-state index in [1.54, 1.807) is 31.4 Å². The number of hydrogen-bond donors (Lipinski definition) is 1. The Balaban J connectivity index is 1.84. The topological polar surface area (TPSA) is 55.4 Å². The van der Waals surface area contributed by atoms with Crippen molar-refractivity contribution in [1.29, 1.82) is 0 Å². The van der Waals surface area contributed by atoms with Gasteiger partial charge in [0.1, 0.15) is 11.0 Å². The number of hydrogen-bond acceptors (Lipinski definition) is 4. The summed E-state index contributed by atoms with van der Waals surface area (Å²) >= 11 is 1.46. The molecule has 1 amide bonds. The maximum atomic E-state index is 13.1. The van der Waals surface area contributed by atoms with Crippen LogP contribution in [0, 0.1) is 0 Å². The minimum atomic E-state index is -0.435. The summed E-state index contributed by atoms with van der Waals surface area (Å²) < 4.78 is 5.20. The maximum Gasteiger partial charge on any atom is 0.242 e. The van der Waals surface area contributed by atoms with Crippen molar-refractivity contribution in [2.75, 3.05) is 12.4 Å². The average Bonchev–Trinajstić information content (AvgIpc) is 2.73. The molecule has 0 saturated carbocycles. The Kier molecular flexibility index (Phi) is 6.50. The third-order valence-corrected chi connectivity index (χ3v) is 5.46. The number of ether oxygens (including phenoxy) is 1. The van der Waals surface area contributed by atoms with Gasteiger partial charge in [-0.25, -0.2) is 0 Å². The van der Waals surface area contributed by atoms with Crippen LogP contribution in [0.4, 0.5) is 5.69 Å². The molecule has 3 aromatic carbocycles. The van der Waals surface area contributed by atoms with Gasteiger partial charge >= 0.3 is 0 Å². The van der Waals surface area contributed by atoms with Gasteiger partial charge in [-0.2, -0.15) is 0 Å². The van der Waals surface area contributed by atoms with Gasteiger partial charge in [0.2, 0.25) is 5.91 Å². The van der Waals surface area contributed by atoms with E-state index < -0.39 is 5.25 Å². The minimum absolute atomic E-state index is 0.0386. The predicted molar refractivity (Wildman–Crippen MR) is 113 cm³/mol. The van der Waals surface area contributed by atoms with E-state index in [0.717, 1.165) is 16.2 Å². The van der Waals surface area contributed by atoms with E-state index in [9.17, 15) is 9.59 Å². The summed E-state index contributed by atoms with van der Waals surface area (Å²) in [7, 11) is 1.62. The van der Waals surface area contributed by atoms with Gasteiger partial charge in [-0.3, -0.25) is 9.59 Å². The number of thioether (sulfide) groups is 1. The molecule has 0 heterocycles. The monoisotopic (exact) mass is 391 g/mol. The molecule has 142 valence electrons. The lowest BCUT2D eigenvalue weighted by Crippen LogP contribution is -2.19. The SMILES string of the molecule is COc1ccc(S[C@@H](C(=O)Nc2cccc(C(C)=O)c2)c2ccccc2)cc1. The van der Waals surface area contributed by atoms with Crippen molar-refractivity contribution >= 4 is 29.1 Å². The molecular weight excluding hydrogens is 370 g/mol. The summed E-state index contributed by atoms with van der Waals surface area (Å²) in [4.78, 5) is 25.6. The number of carbonyl (C=O) groups excluding carboxylic acids is 2. The van der Waals surface area contributed by atoms with Gasteiger partial charge in [-0.15, -0.1) is 11.8 Å². The van der Waals surface area contributed by atoms with E-state index in [-0.39, 0.29) is 11.7 Å². The Bertz CT molecular complexity index is 955. The lowest BCUT2D eigenvalue weighted by Gasteiger charge is -2.17. The number of ketones is 1. The quantitative estimate of drug-likeness (QED) is 0.434. The van der Waals surface area contributed by atoms with Gasteiger partial charge in [0.15, 0.2) is 5.78 Å². The Hall–Kier alpha value is -3.05. The lowest BCUT2D eigenvalue weighted by atomic mass is 10.1. The highest BCUT2D eigenvalue weighted by Gasteiger charge is 2.22. The normalized spacial score (nSPS) is 11.5. The molecule has 0 aliphatic heterocycles. The molecule has 4 nitrogen and oxygen atoms in total. The third kappa shape index (κ3) is 5.02. The molecule has 0 saturated heterocycles. The smallest absolute Gasteiger partial charge is 0.242 e. The Morgan fingerprint density at radius 1 is 0.929 bits per heavy atom. The van der Waals surface area contributed by atoms with Gasteiger partial charge < -0.3 is 10.1 Å². The first-order valence-electron chi connectivity index (χ1n) is 8.84. The van der Waals surface area contributed by atoms with Gasteiger partial charge in [-0.1, -0.05) is 42.5 Å². The second-order valence-corrected chi connectivity index (χ2v) is 7.39. The molecule has 3 rings (SSSR count). The van der Waals surface area contributed by atoms with Crippen molar-refractivity contribution < 1.29 is 14.3 Å². The summed E-state index contributed by atoms with van der Waals surface area (Å²) in [6.45, 7) is 1.51. The van der Waals surface area contributed by atoms with E-state index in [4.69, 9.17) is 4.74 Å². The van der Waals surface area contributed by atoms with Crippen LogP contribution in [0.5, 0.6) is 5.75 Å². The van der Waals surface area contributed by atoms with E-state index in [1.165, 1.54) is 18.7 Å². The lowest BCUT2D eigenvalue weighted by molar-refractivity contribution is -0.115. The van der Waals surface area contributed by atoms with Crippen molar-refractivity contribution in [3.63, 3.8) is 0 Å². The number of nitrogens with one attached hydrogen (secondary N) is 1. The summed E-state index contributed by atoms with van der Waals surface area (Å²) in [5.74, 6) is 0.585. The average molecular weight is 391 g/mol. The largest absolute Gasteiger partial charge is 0.497 e. The van der Waals surface area contributed by atoms with Crippen molar-refractivity contribution in [2.45, 2.75) is 17.1 Å². The highest BCUT2D eigenvalue weighted by Crippen LogP contribution is 2.36. The molecular formula is C23H21NO3S. The van der Waals surface area contributed by atoms with Gasteiger partial charge in [0, 0.05) is 16.1 Å². The highest BCUT2D eigenvalue weighted by molar-refractivity contribution is 8.00. The molecule has 5 heteroatoms. The number of methoxy groups -OCH3 is 1. The second-order valence-electron chi connectivity index (χ2n) is 6.21. The number of rotatable bonds is 7. The fourth-order valence-corrected chi connectivity index (χ4v) is 3.74. The van der Waals surface area contributed by atoms with Crippen LogP contribution >= 0.6 is 11.8 Å². The van der Waals surface area contributed by atoms with Crippen molar-refractivity contribution in [3.05, 3.63) is 90.0 Å². The van der Waals surface area contributed by atoms with Crippen molar-refractivity contribution in [2.24, 2.45) is 0 Å². The van der Waals surface area contributed by atoms with Gasteiger partial charge in [0.25, 0.3) is 0 Å². The number of amides is 1. The molecule has 0 aliphatic carbocycles. The Morgan fingerprint density at radius 3 is 2.29 bits per heavy atom. The molecule has 0 spiro atoms. The zero-order valence-electron chi connectivity index (χ0n) is 15.7. The fraction of sp³-hybridized carbons (Fsp3) is 0.130. The van der Waals surface area contributed by atoms with Gasteiger partial charge in [0.05, 0.1) is 7.11 Å². The molecule has 0 unspecified atom stereocenters. The first-order chi connectivity index (χ1) is 13.6. The molecule has 28 heavy (non-hydrogen) atoms. The van der Waals surface area contributed by atoms with Crippen LogP contribution in [0.15, 0.2) is 83.8 Å². The van der Waals surface area contributed by atoms with Crippen LogP contribution in [-0.2, 0) is 4.79 Å². The van der Waals surface area contributed by atoms with Crippen LogP contribution in [0.2, 0.25) is 0 Å². The summed E-state index contributed by atoms with van der Waals surface area (Å²) in [6.07, 6.45) is 0. The van der Waals surface area contributed by atoms with Gasteiger partial charge in [-0.05, 0) is 48.9 Å². The maximum absolute atomic E-state index is 13.1. The molecule has 0 fully saturated rings. The van der Waals surface area contributed by atoms with E-state index in [2.05, 4.69) is 5.32 Å². The van der Waals surface area contributed by atoms with Crippen LogP contribution in [0.25, 0.3) is 0 Å². The van der Waals surface area contributed by atoms with Crippen molar-refractivity contribution in [3.8, 4) is 5.75 Å². The molecule has 0 radical (unpaired) electrons. The summed E-state index contributed by atoms with van der Waals surface area (Å²) in [5, 5.41) is 2.51. The summed E-state index contributed by atoms with van der Waals surface area (Å²) in [6, 6.07) is 24.2. The second kappa shape index (κ2) is 9.24. The predicted octanol–water partition coefficient (Wildman–Crippen LogP) is 5.37. The summed E-state index contributed by atoms with van der Waals surface area (Å²) in [5.41, 5.74) is 2.08. The highest BCUT2D eigenvalue weighted by atomic mass is 32.2. The molecule has 0 aromatic heterocycles. The first kappa shape index (κ1) is 19.7. The first-order valence-corrected chi connectivity index (χ1v) is 9.72. The molecule has 1 atom stereocenters. The van der Waals surface area contributed by atoms with Crippen LogP contribution < -0.4 is 10.1 Å². The van der Waals surface area contributed by atoms with Crippen LogP contribution in [0.1, 0.15) is 28.1 Å². The Morgan fingerprint density at radius 2 is 1.64 bits per heavy atom. The number of Topliss-reactive ketones (excluding diaryl/α,β-unsaturated/α-hetero) is 1. The molecule has 3 aromatic rings.